The summed E-state index contributed by atoms with van der Waals surface area (Å²) in [4.78, 5) is 23.3. The predicted octanol–water partition coefficient (Wildman–Crippen LogP) is 4.19. The number of aromatic nitrogens is 4. The first-order chi connectivity index (χ1) is 15.6. The minimum absolute atomic E-state index is 0. The van der Waals surface area contributed by atoms with E-state index in [9.17, 15) is 9.18 Å². The lowest BCUT2D eigenvalue weighted by Gasteiger charge is -2.26. The number of halogens is 2. The number of amides is 2. The summed E-state index contributed by atoms with van der Waals surface area (Å²) in [5.41, 5.74) is 4.15. The molecule has 1 aliphatic rings. The average Bonchev–Trinajstić information content (AvgIpc) is 3.21. The highest BCUT2D eigenvalue weighted by molar-refractivity contribution is 5.90. The summed E-state index contributed by atoms with van der Waals surface area (Å²) < 4.78 is 20.9. The van der Waals surface area contributed by atoms with E-state index < -0.39 is 0 Å². The summed E-state index contributed by atoms with van der Waals surface area (Å²) >= 11 is 0. The maximum atomic E-state index is 13.9. The predicted molar refractivity (Wildman–Crippen MR) is 125 cm³/mol. The lowest BCUT2D eigenvalue weighted by molar-refractivity contribution is 0.0564. The Balaban J connectivity index is 0.00000259. The Labute approximate surface area is 195 Å². The van der Waals surface area contributed by atoms with E-state index in [0.717, 1.165) is 16.8 Å². The number of pyridine rings is 1. The molecular formula is C23H22ClFN6O2. The summed E-state index contributed by atoms with van der Waals surface area (Å²) in [6.45, 7) is 3.84. The van der Waals surface area contributed by atoms with Gasteiger partial charge in [0.2, 0.25) is 0 Å². The molecular weight excluding hydrogens is 447 g/mol. The first kappa shape index (κ1) is 22.6. The molecule has 10 heteroatoms. The number of hydrogen-bond donors (Lipinski definition) is 1. The van der Waals surface area contributed by atoms with Crippen LogP contribution in [0.5, 0.6) is 0 Å². The van der Waals surface area contributed by atoms with E-state index in [1.165, 1.54) is 6.07 Å². The largest absolute Gasteiger partial charge is 0.378 e. The van der Waals surface area contributed by atoms with Gasteiger partial charge in [-0.3, -0.25) is 5.32 Å². The number of rotatable bonds is 3. The molecule has 8 nitrogen and oxygen atoms in total. The molecule has 1 N–H and O–H groups in total. The smallest absolute Gasteiger partial charge is 0.323 e. The van der Waals surface area contributed by atoms with Gasteiger partial charge in [0, 0.05) is 36.6 Å². The van der Waals surface area contributed by atoms with E-state index in [-0.39, 0.29) is 24.3 Å². The van der Waals surface area contributed by atoms with Crippen LogP contribution in [-0.4, -0.2) is 56.8 Å². The maximum Gasteiger partial charge on any atom is 0.323 e. The number of hydrogen-bond acceptors (Lipinski definition) is 5. The number of anilines is 1. The first-order valence-electron chi connectivity index (χ1n) is 10.3. The van der Waals surface area contributed by atoms with E-state index >= 15 is 0 Å². The SMILES string of the molecule is Cc1cc(-c2nc3cccnn3c2-c2ccnc(NC(=O)N3CCOCC3)c2)ccc1F.Cl. The third-order valence-corrected chi connectivity index (χ3v) is 5.39. The van der Waals surface area contributed by atoms with Crippen molar-refractivity contribution in [1.82, 2.24) is 24.5 Å². The van der Waals surface area contributed by atoms with Gasteiger partial charge in [0.15, 0.2) is 5.65 Å². The minimum atomic E-state index is -0.269. The van der Waals surface area contributed by atoms with Crippen LogP contribution >= 0.6 is 12.4 Å². The number of carbonyl (C=O) groups excluding carboxylic acids is 1. The molecule has 33 heavy (non-hydrogen) atoms. The minimum Gasteiger partial charge on any atom is -0.378 e. The Bertz CT molecular complexity index is 1310. The van der Waals surface area contributed by atoms with Crippen LogP contribution in [0.15, 0.2) is 54.9 Å². The molecule has 4 aromatic rings. The molecule has 1 aliphatic heterocycles. The highest BCUT2D eigenvalue weighted by Crippen LogP contribution is 2.33. The van der Waals surface area contributed by atoms with Gasteiger partial charge in [0.25, 0.3) is 0 Å². The summed E-state index contributed by atoms with van der Waals surface area (Å²) in [5, 5.41) is 7.32. The van der Waals surface area contributed by atoms with Crippen molar-refractivity contribution in [2.75, 3.05) is 31.6 Å². The van der Waals surface area contributed by atoms with Crippen molar-refractivity contribution in [3.8, 4) is 22.5 Å². The lowest BCUT2D eigenvalue weighted by Crippen LogP contribution is -2.43. The molecule has 5 rings (SSSR count). The number of nitrogens with zero attached hydrogens (tertiary/aromatic N) is 5. The Morgan fingerprint density at radius 2 is 1.91 bits per heavy atom. The summed E-state index contributed by atoms with van der Waals surface area (Å²) in [7, 11) is 0. The molecule has 1 saturated heterocycles. The van der Waals surface area contributed by atoms with Crippen LogP contribution in [0, 0.1) is 12.7 Å². The van der Waals surface area contributed by atoms with E-state index in [1.54, 1.807) is 46.9 Å². The van der Waals surface area contributed by atoms with Crippen LogP contribution in [0.25, 0.3) is 28.2 Å². The van der Waals surface area contributed by atoms with Gasteiger partial charge in [-0.05, 0) is 55.0 Å². The van der Waals surface area contributed by atoms with E-state index in [2.05, 4.69) is 15.4 Å². The van der Waals surface area contributed by atoms with Crippen molar-refractivity contribution < 1.29 is 13.9 Å². The molecule has 170 valence electrons. The van der Waals surface area contributed by atoms with Crippen LogP contribution in [0.3, 0.4) is 0 Å². The second-order valence-corrected chi connectivity index (χ2v) is 7.53. The Morgan fingerprint density at radius 1 is 1.09 bits per heavy atom. The number of imidazole rings is 1. The molecule has 3 aromatic heterocycles. The zero-order chi connectivity index (χ0) is 22.1. The molecule has 0 unspecified atom stereocenters. The second kappa shape index (κ2) is 9.51. The molecule has 0 atom stereocenters. The maximum absolute atomic E-state index is 13.9. The van der Waals surface area contributed by atoms with Crippen LogP contribution < -0.4 is 5.32 Å². The number of ether oxygens (including phenoxy) is 1. The fraction of sp³-hybridized carbons (Fsp3) is 0.217. The van der Waals surface area contributed by atoms with Gasteiger partial charge in [-0.15, -0.1) is 12.4 Å². The number of benzene rings is 1. The molecule has 2 amide bonds. The van der Waals surface area contributed by atoms with Gasteiger partial charge < -0.3 is 9.64 Å². The third-order valence-electron chi connectivity index (χ3n) is 5.39. The van der Waals surface area contributed by atoms with Gasteiger partial charge in [0.05, 0.1) is 18.9 Å². The standard InChI is InChI=1S/C23H21FN6O2.ClH/c1-15-13-16(4-5-18(15)24)21-22(30-20(28-21)3-2-7-26-30)17-6-8-25-19(14-17)27-23(31)29-9-11-32-12-10-29;/h2-8,13-14H,9-12H2,1H3,(H,25,27,31);1H. The van der Waals surface area contributed by atoms with Gasteiger partial charge in [-0.1, -0.05) is 0 Å². The number of urea groups is 1. The zero-order valence-electron chi connectivity index (χ0n) is 17.9. The topological polar surface area (TPSA) is 84.7 Å². The fourth-order valence-corrected chi connectivity index (χ4v) is 3.74. The average molecular weight is 469 g/mol. The number of morpholine rings is 1. The Kier molecular flexibility index (Phi) is 6.52. The van der Waals surface area contributed by atoms with Gasteiger partial charge in [-0.25, -0.2) is 23.7 Å². The van der Waals surface area contributed by atoms with Crippen molar-refractivity contribution in [3.05, 3.63) is 66.2 Å². The molecule has 1 fully saturated rings. The highest BCUT2D eigenvalue weighted by atomic mass is 35.5. The van der Waals surface area contributed by atoms with E-state index in [1.807, 2.05) is 18.2 Å². The lowest BCUT2D eigenvalue weighted by atomic mass is 10.0. The van der Waals surface area contributed by atoms with Crippen LogP contribution in [0.4, 0.5) is 15.0 Å². The van der Waals surface area contributed by atoms with Crippen molar-refractivity contribution >= 4 is 29.9 Å². The molecule has 0 bridgehead atoms. The molecule has 0 spiro atoms. The second-order valence-electron chi connectivity index (χ2n) is 7.53. The number of aryl methyl sites for hydroxylation is 1. The molecule has 4 heterocycles. The summed E-state index contributed by atoms with van der Waals surface area (Å²) in [5.74, 6) is 0.153. The molecule has 0 radical (unpaired) electrons. The fourth-order valence-electron chi connectivity index (χ4n) is 3.74. The number of carbonyl (C=O) groups is 1. The van der Waals surface area contributed by atoms with Crippen molar-refractivity contribution in [1.29, 1.82) is 0 Å². The molecule has 1 aromatic carbocycles. The Hall–Kier alpha value is -3.56. The van der Waals surface area contributed by atoms with E-state index in [4.69, 9.17) is 9.72 Å². The summed E-state index contributed by atoms with van der Waals surface area (Å²) in [6.07, 6.45) is 3.31. The van der Waals surface area contributed by atoms with E-state index in [0.29, 0.717) is 49.0 Å². The normalized spacial score (nSPS) is 13.6. The Morgan fingerprint density at radius 3 is 2.70 bits per heavy atom. The third kappa shape index (κ3) is 4.50. The first-order valence-corrected chi connectivity index (χ1v) is 10.3. The summed E-state index contributed by atoms with van der Waals surface area (Å²) in [6, 6.07) is 12.0. The monoisotopic (exact) mass is 468 g/mol. The van der Waals surface area contributed by atoms with Gasteiger partial charge in [0.1, 0.15) is 17.3 Å². The van der Waals surface area contributed by atoms with Crippen molar-refractivity contribution in [2.24, 2.45) is 0 Å². The number of nitrogens with one attached hydrogen (secondary N) is 1. The van der Waals surface area contributed by atoms with Gasteiger partial charge >= 0.3 is 6.03 Å². The zero-order valence-corrected chi connectivity index (χ0v) is 18.7. The van der Waals surface area contributed by atoms with Crippen LogP contribution in [0.2, 0.25) is 0 Å². The van der Waals surface area contributed by atoms with Crippen LogP contribution in [-0.2, 0) is 4.74 Å². The van der Waals surface area contributed by atoms with Crippen molar-refractivity contribution in [2.45, 2.75) is 6.92 Å². The van der Waals surface area contributed by atoms with Gasteiger partial charge in [-0.2, -0.15) is 5.10 Å². The number of fused-ring (bicyclic) bond motifs is 1. The molecule has 0 saturated carbocycles. The highest BCUT2D eigenvalue weighted by Gasteiger charge is 2.20. The van der Waals surface area contributed by atoms with Crippen molar-refractivity contribution in [3.63, 3.8) is 0 Å². The quantitative estimate of drug-likeness (QED) is 0.487. The molecule has 0 aliphatic carbocycles. The van der Waals surface area contributed by atoms with Crippen LogP contribution in [0.1, 0.15) is 5.56 Å².